The Morgan fingerprint density at radius 1 is 1.00 bits per heavy atom. The molecule has 3 aromatic carbocycles. The molecule has 0 unspecified atom stereocenters. The van der Waals surface area contributed by atoms with Gasteiger partial charge in [-0.15, -0.1) is 0 Å². The molecule has 0 radical (unpaired) electrons. The van der Waals surface area contributed by atoms with Crippen molar-refractivity contribution >= 4 is 35.2 Å². The molecule has 0 aromatic heterocycles. The molecule has 3 rings (SSSR count). The summed E-state index contributed by atoms with van der Waals surface area (Å²) in [5.74, 6) is -1.46. The normalized spacial score (nSPS) is 11.2. The number of carbonyl (C=O) groups is 2. The second kappa shape index (κ2) is 12.4. The number of halogens is 5. The number of amides is 2. The molecule has 202 valence electrons. The van der Waals surface area contributed by atoms with Crippen LogP contribution in [0.3, 0.4) is 0 Å². The van der Waals surface area contributed by atoms with Crippen molar-refractivity contribution in [2.24, 2.45) is 0 Å². The van der Waals surface area contributed by atoms with Gasteiger partial charge in [-0.1, -0.05) is 53.5 Å². The largest absolute Gasteiger partial charge is 0.496 e. The van der Waals surface area contributed by atoms with Crippen molar-refractivity contribution in [1.82, 2.24) is 10.2 Å². The maximum atomic E-state index is 13.7. The minimum Gasteiger partial charge on any atom is -0.496 e. The fraction of sp³-hybridized carbons (Fsp3) is 0.259. The standard InChI is InChI=1S/C27H25Cl2F3N2O4/c1-3-34(26(37)33-14-16-8-9-22(28)23(29)10-16)15-17-6-4-5-7-19(17)20-11-18(12-25(35)36)21(27(30,31)32)13-24(20)38-2/h4-11,13H,3,12,14-15H2,1-2H3,(H,33,37)(H,35,36). The van der Waals surface area contributed by atoms with Crippen LogP contribution in [0.25, 0.3) is 11.1 Å². The number of carboxylic acids is 1. The van der Waals surface area contributed by atoms with E-state index in [1.165, 1.54) is 18.1 Å². The van der Waals surface area contributed by atoms with Crippen molar-refractivity contribution in [2.75, 3.05) is 13.7 Å². The average Bonchev–Trinajstić information content (AvgIpc) is 2.86. The maximum Gasteiger partial charge on any atom is 0.416 e. The summed E-state index contributed by atoms with van der Waals surface area (Å²) in [6, 6.07) is 13.6. The molecule has 11 heteroatoms. The highest BCUT2D eigenvalue weighted by Gasteiger charge is 2.35. The van der Waals surface area contributed by atoms with E-state index in [0.29, 0.717) is 33.3 Å². The van der Waals surface area contributed by atoms with E-state index in [1.807, 2.05) is 0 Å². The van der Waals surface area contributed by atoms with Gasteiger partial charge in [0.1, 0.15) is 5.75 Å². The Balaban J connectivity index is 1.93. The van der Waals surface area contributed by atoms with Gasteiger partial charge in [-0.3, -0.25) is 4.79 Å². The molecule has 2 N–H and O–H groups in total. The van der Waals surface area contributed by atoms with E-state index in [1.54, 1.807) is 49.4 Å². The topological polar surface area (TPSA) is 78.9 Å². The number of carboxylic acid groups (broad SMARTS) is 1. The zero-order valence-electron chi connectivity index (χ0n) is 20.5. The molecule has 0 saturated carbocycles. The number of benzene rings is 3. The zero-order valence-corrected chi connectivity index (χ0v) is 22.0. The van der Waals surface area contributed by atoms with Crippen LogP contribution in [-0.4, -0.2) is 35.7 Å². The molecule has 6 nitrogen and oxygen atoms in total. The van der Waals surface area contributed by atoms with Gasteiger partial charge in [0.15, 0.2) is 0 Å². The average molecular weight is 569 g/mol. The number of hydrogen-bond acceptors (Lipinski definition) is 3. The Morgan fingerprint density at radius 2 is 1.71 bits per heavy atom. The van der Waals surface area contributed by atoms with Crippen molar-refractivity contribution in [1.29, 1.82) is 0 Å². The number of aliphatic carboxylic acids is 1. The summed E-state index contributed by atoms with van der Waals surface area (Å²) in [5, 5.41) is 12.8. The molecular weight excluding hydrogens is 544 g/mol. The van der Waals surface area contributed by atoms with E-state index in [2.05, 4.69) is 5.32 Å². The van der Waals surface area contributed by atoms with Crippen LogP contribution >= 0.6 is 23.2 Å². The Labute approximate surface area is 227 Å². The van der Waals surface area contributed by atoms with Gasteiger partial charge in [0.25, 0.3) is 0 Å². The highest BCUT2D eigenvalue weighted by Crippen LogP contribution is 2.41. The number of rotatable bonds is 9. The predicted molar refractivity (Wildman–Crippen MR) is 140 cm³/mol. The number of hydrogen-bond donors (Lipinski definition) is 2. The van der Waals surface area contributed by atoms with E-state index in [9.17, 15) is 27.9 Å². The van der Waals surface area contributed by atoms with Gasteiger partial charge in [0.2, 0.25) is 0 Å². The molecule has 0 atom stereocenters. The summed E-state index contributed by atoms with van der Waals surface area (Å²) < 4.78 is 46.3. The summed E-state index contributed by atoms with van der Waals surface area (Å²) in [4.78, 5) is 25.8. The molecule has 38 heavy (non-hydrogen) atoms. The van der Waals surface area contributed by atoms with Crippen LogP contribution in [0, 0.1) is 0 Å². The van der Waals surface area contributed by atoms with Crippen molar-refractivity contribution in [2.45, 2.75) is 32.6 Å². The molecule has 0 bridgehead atoms. The summed E-state index contributed by atoms with van der Waals surface area (Å²) in [6.07, 6.45) is -5.58. The lowest BCUT2D eigenvalue weighted by Gasteiger charge is -2.24. The van der Waals surface area contributed by atoms with Crippen LogP contribution in [0.15, 0.2) is 54.6 Å². The van der Waals surface area contributed by atoms with Crippen LogP contribution < -0.4 is 10.1 Å². The summed E-state index contributed by atoms with van der Waals surface area (Å²) in [5.41, 5.74) is 0.736. The Morgan fingerprint density at radius 3 is 2.32 bits per heavy atom. The van der Waals surface area contributed by atoms with Crippen LogP contribution in [0.2, 0.25) is 10.0 Å². The lowest BCUT2D eigenvalue weighted by Crippen LogP contribution is -2.39. The fourth-order valence-corrected chi connectivity index (χ4v) is 4.29. The van der Waals surface area contributed by atoms with E-state index in [-0.39, 0.29) is 30.4 Å². The van der Waals surface area contributed by atoms with Crippen molar-refractivity contribution < 1.29 is 32.6 Å². The molecular formula is C27H25Cl2F3N2O4. The minimum atomic E-state index is -4.76. The highest BCUT2D eigenvalue weighted by molar-refractivity contribution is 6.42. The van der Waals surface area contributed by atoms with Gasteiger partial charge in [0, 0.05) is 25.2 Å². The van der Waals surface area contributed by atoms with E-state index >= 15 is 0 Å². The van der Waals surface area contributed by atoms with Gasteiger partial charge in [-0.05, 0) is 53.4 Å². The van der Waals surface area contributed by atoms with E-state index < -0.39 is 24.1 Å². The second-order valence-electron chi connectivity index (χ2n) is 8.36. The van der Waals surface area contributed by atoms with Crippen LogP contribution in [0.5, 0.6) is 5.75 Å². The van der Waals surface area contributed by atoms with Crippen LogP contribution in [0.1, 0.15) is 29.2 Å². The SMILES string of the molecule is CCN(Cc1ccccc1-c1cc(CC(=O)O)c(C(F)(F)F)cc1OC)C(=O)NCc1ccc(Cl)c(Cl)c1. The molecule has 0 aliphatic carbocycles. The summed E-state index contributed by atoms with van der Waals surface area (Å²) in [7, 11) is 1.24. The molecule has 0 aliphatic heterocycles. The Hall–Kier alpha value is -3.43. The highest BCUT2D eigenvalue weighted by atomic mass is 35.5. The third-order valence-corrected chi connectivity index (χ3v) is 6.58. The first-order valence-electron chi connectivity index (χ1n) is 11.5. The maximum absolute atomic E-state index is 13.7. The predicted octanol–water partition coefficient (Wildman–Crippen LogP) is 7.05. The number of nitrogens with one attached hydrogen (secondary N) is 1. The number of ether oxygens (including phenoxy) is 1. The van der Waals surface area contributed by atoms with Gasteiger partial charge in [-0.2, -0.15) is 13.2 Å². The summed E-state index contributed by atoms with van der Waals surface area (Å²) in [6.45, 7) is 2.48. The fourth-order valence-electron chi connectivity index (χ4n) is 3.97. The van der Waals surface area contributed by atoms with E-state index in [0.717, 1.165) is 11.6 Å². The van der Waals surface area contributed by atoms with Crippen LogP contribution in [0.4, 0.5) is 18.0 Å². The zero-order chi connectivity index (χ0) is 28.0. The third-order valence-electron chi connectivity index (χ3n) is 5.84. The first-order chi connectivity index (χ1) is 17.9. The lowest BCUT2D eigenvalue weighted by atomic mass is 9.93. The Bertz CT molecular complexity index is 1330. The van der Waals surface area contributed by atoms with Crippen molar-refractivity contribution in [3.05, 3.63) is 86.9 Å². The molecule has 0 aliphatic rings. The van der Waals surface area contributed by atoms with Crippen LogP contribution in [-0.2, 0) is 30.5 Å². The monoisotopic (exact) mass is 568 g/mol. The summed E-state index contributed by atoms with van der Waals surface area (Å²) >= 11 is 12.0. The van der Waals surface area contributed by atoms with Gasteiger partial charge in [0.05, 0.1) is 29.1 Å². The minimum absolute atomic E-state index is 0.0639. The number of carbonyl (C=O) groups excluding carboxylic acids is 1. The molecule has 0 heterocycles. The number of alkyl halides is 3. The van der Waals surface area contributed by atoms with Gasteiger partial charge in [-0.25, -0.2) is 4.79 Å². The lowest BCUT2D eigenvalue weighted by molar-refractivity contribution is -0.139. The molecule has 0 saturated heterocycles. The Kier molecular flexibility index (Phi) is 9.51. The third kappa shape index (κ3) is 7.11. The molecule has 3 aromatic rings. The second-order valence-corrected chi connectivity index (χ2v) is 9.17. The van der Waals surface area contributed by atoms with Gasteiger partial charge < -0.3 is 20.1 Å². The molecule has 2 amide bonds. The smallest absolute Gasteiger partial charge is 0.416 e. The number of nitrogens with zero attached hydrogens (tertiary/aromatic N) is 1. The van der Waals surface area contributed by atoms with Crippen molar-refractivity contribution in [3.8, 4) is 16.9 Å². The number of methoxy groups -OCH3 is 1. The van der Waals surface area contributed by atoms with E-state index in [4.69, 9.17) is 27.9 Å². The molecule has 0 spiro atoms. The first kappa shape index (κ1) is 29.1. The van der Waals surface area contributed by atoms with Gasteiger partial charge >= 0.3 is 18.2 Å². The number of urea groups is 1. The quantitative estimate of drug-likeness (QED) is 0.290. The molecule has 0 fully saturated rings. The first-order valence-corrected chi connectivity index (χ1v) is 12.2. The van der Waals surface area contributed by atoms with Crippen molar-refractivity contribution in [3.63, 3.8) is 0 Å².